The Balaban J connectivity index is 1.26. The number of anilines is 1. The predicted molar refractivity (Wildman–Crippen MR) is 120 cm³/mol. The van der Waals surface area contributed by atoms with Crippen LogP contribution in [0.1, 0.15) is 39.8 Å². The van der Waals surface area contributed by atoms with Crippen molar-refractivity contribution in [3.05, 3.63) is 84.4 Å². The molecule has 166 valence electrons. The van der Waals surface area contributed by atoms with Crippen molar-refractivity contribution in [2.45, 2.75) is 25.2 Å². The molecule has 1 aliphatic heterocycles. The Kier molecular flexibility index (Phi) is 5.77. The molecule has 5 rings (SSSR count). The van der Waals surface area contributed by atoms with E-state index in [2.05, 4.69) is 20.3 Å². The molecule has 1 fully saturated rings. The lowest BCUT2D eigenvalue weighted by Gasteiger charge is -2.15. The van der Waals surface area contributed by atoms with Gasteiger partial charge in [0.25, 0.3) is 5.91 Å². The summed E-state index contributed by atoms with van der Waals surface area (Å²) in [6.45, 7) is 0.171. The summed E-state index contributed by atoms with van der Waals surface area (Å²) in [5.74, 6) is -0.316. The molecular formula is C24H21N5O4. The normalized spacial score (nSPS) is 17.7. The number of ether oxygens (including phenoxy) is 2. The largest absolute Gasteiger partial charge is 0.459 e. The number of esters is 1. The van der Waals surface area contributed by atoms with E-state index in [4.69, 9.17) is 9.47 Å². The van der Waals surface area contributed by atoms with E-state index in [1.54, 1.807) is 54.9 Å². The van der Waals surface area contributed by atoms with Gasteiger partial charge in [-0.25, -0.2) is 19.7 Å². The van der Waals surface area contributed by atoms with Gasteiger partial charge in [0.2, 0.25) is 0 Å². The van der Waals surface area contributed by atoms with E-state index in [1.165, 1.54) is 6.33 Å². The number of amides is 1. The molecule has 2 atom stereocenters. The fourth-order valence-corrected chi connectivity index (χ4v) is 3.76. The number of benzene rings is 2. The summed E-state index contributed by atoms with van der Waals surface area (Å²) < 4.78 is 13.3. The van der Waals surface area contributed by atoms with E-state index >= 15 is 0 Å². The summed E-state index contributed by atoms with van der Waals surface area (Å²) in [5.41, 5.74) is 2.06. The quantitative estimate of drug-likeness (QED) is 0.454. The number of carbonyl (C=O) groups excluding carboxylic acids is 2. The first kappa shape index (κ1) is 20.8. The molecule has 0 radical (unpaired) electrons. The minimum atomic E-state index is -0.373. The van der Waals surface area contributed by atoms with Crippen LogP contribution in [0.3, 0.4) is 0 Å². The monoisotopic (exact) mass is 443 g/mol. The maximum absolute atomic E-state index is 12.5. The first-order valence-corrected chi connectivity index (χ1v) is 10.6. The van der Waals surface area contributed by atoms with Crippen molar-refractivity contribution >= 4 is 28.9 Å². The van der Waals surface area contributed by atoms with Crippen molar-refractivity contribution in [3.63, 3.8) is 0 Å². The molecule has 2 aromatic carbocycles. The van der Waals surface area contributed by atoms with Gasteiger partial charge in [-0.15, -0.1) is 0 Å². The number of aromatic nitrogens is 4. The van der Waals surface area contributed by atoms with Crippen LogP contribution in [0.4, 0.5) is 5.82 Å². The Bertz CT molecular complexity index is 1280. The van der Waals surface area contributed by atoms with Crippen LogP contribution >= 0.6 is 0 Å². The molecule has 1 saturated heterocycles. The third-order valence-electron chi connectivity index (χ3n) is 5.43. The maximum atomic E-state index is 12.5. The van der Waals surface area contributed by atoms with Crippen LogP contribution in [0.15, 0.2) is 73.3 Å². The Hall–Kier alpha value is -4.11. The van der Waals surface area contributed by atoms with Crippen LogP contribution < -0.4 is 5.32 Å². The number of nitrogens with one attached hydrogen (secondary N) is 1. The van der Waals surface area contributed by atoms with Gasteiger partial charge in [-0.2, -0.15) is 0 Å². The van der Waals surface area contributed by atoms with Crippen molar-refractivity contribution in [1.82, 2.24) is 19.5 Å². The van der Waals surface area contributed by atoms with Crippen molar-refractivity contribution in [2.24, 2.45) is 0 Å². The molecule has 1 amide bonds. The summed E-state index contributed by atoms with van der Waals surface area (Å²) in [6, 6.07) is 17.7. The summed E-state index contributed by atoms with van der Waals surface area (Å²) in [5, 5.41) is 2.80. The number of nitrogens with zero attached hydrogens (tertiary/aromatic N) is 4. The molecule has 2 aromatic heterocycles. The smallest absolute Gasteiger partial charge is 0.338 e. The van der Waals surface area contributed by atoms with Gasteiger partial charge in [-0.3, -0.25) is 9.36 Å². The average molecular weight is 443 g/mol. The number of rotatable bonds is 6. The molecule has 0 aliphatic carbocycles. The molecule has 0 bridgehead atoms. The van der Waals surface area contributed by atoms with E-state index < -0.39 is 0 Å². The summed E-state index contributed by atoms with van der Waals surface area (Å²) in [7, 11) is 0. The highest BCUT2D eigenvalue weighted by molar-refractivity contribution is 6.06. The van der Waals surface area contributed by atoms with Crippen molar-refractivity contribution in [3.8, 4) is 0 Å². The Morgan fingerprint density at radius 1 is 0.970 bits per heavy atom. The van der Waals surface area contributed by atoms with Crippen LogP contribution in [0.25, 0.3) is 11.2 Å². The highest BCUT2D eigenvalue weighted by atomic mass is 16.6. The van der Waals surface area contributed by atoms with Gasteiger partial charge in [0.15, 0.2) is 17.0 Å². The van der Waals surface area contributed by atoms with E-state index in [9.17, 15) is 9.59 Å². The molecule has 33 heavy (non-hydrogen) atoms. The van der Waals surface area contributed by atoms with E-state index in [0.717, 1.165) is 6.42 Å². The Morgan fingerprint density at radius 3 is 2.45 bits per heavy atom. The van der Waals surface area contributed by atoms with E-state index in [0.29, 0.717) is 34.5 Å². The topological polar surface area (TPSA) is 108 Å². The van der Waals surface area contributed by atoms with Crippen LogP contribution in [-0.2, 0) is 9.47 Å². The number of hydrogen-bond donors (Lipinski definition) is 1. The average Bonchev–Trinajstić information content (AvgIpc) is 3.51. The number of fused-ring (bicyclic) bond motifs is 1. The lowest BCUT2D eigenvalue weighted by atomic mass is 10.2. The highest BCUT2D eigenvalue weighted by Gasteiger charge is 2.29. The molecular weight excluding hydrogens is 422 g/mol. The van der Waals surface area contributed by atoms with Gasteiger partial charge in [0, 0.05) is 5.56 Å². The van der Waals surface area contributed by atoms with Crippen LogP contribution in [-0.4, -0.2) is 44.1 Å². The second-order valence-corrected chi connectivity index (χ2v) is 7.62. The first-order valence-electron chi connectivity index (χ1n) is 10.6. The Morgan fingerprint density at radius 2 is 1.70 bits per heavy atom. The van der Waals surface area contributed by atoms with Gasteiger partial charge in [-0.1, -0.05) is 36.4 Å². The highest BCUT2D eigenvalue weighted by Crippen LogP contribution is 2.31. The molecule has 9 heteroatoms. The van der Waals surface area contributed by atoms with Gasteiger partial charge >= 0.3 is 5.97 Å². The molecule has 3 heterocycles. The zero-order chi connectivity index (χ0) is 22.6. The third kappa shape index (κ3) is 4.44. The summed E-state index contributed by atoms with van der Waals surface area (Å²) in [6.07, 6.45) is 3.93. The molecule has 9 nitrogen and oxygen atoms in total. The predicted octanol–water partition coefficient (Wildman–Crippen LogP) is 3.61. The molecule has 1 aliphatic rings. The minimum Gasteiger partial charge on any atom is -0.459 e. The zero-order valence-corrected chi connectivity index (χ0v) is 17.6. The zero-order valence-electron chi connectivity index (χ0n) is 17.6. The van der Waals surface area contributed by atoms with Gasteiger partial charge in [0.1, 0.15) is 19.2 Å². The fraction of sp³-hybridized carbons (Fsp3) is 0.208. The molecule has 0 spiro atoms. The second-order valence-electron chi connectivity index (χ2n) is 7.62. The maximum Gasteiger partial charge on any atom is 0.338 e. The minimum absolute atomic E-state index is 0.171. The first-order chi connectivity index (χ1) is 16.2. The van der Waals surface area contributed by atoms with Crippen molar-refractivity contribution in [1.29, 1.82) is 0 Å². The second kappa shape index (κ2) is 9.17. The molecule has 4 aromatic rings. The number of carbonyl (C=O) groups is 2. The van der Waals surface area contributed by atoms with Gasteiger partial charge in [0.05, 0.1) is 18.0 Å². The third-order valence-corrected chi connectivity index (χ3v) is 5.43. The molecule has 0 saturated carbocycles. The summed E-state index contributed by atoms with van der Waals surface area (Å²) in [4.78, 5) is 37.6. The van der Waals surface area contributed by atoms with E-state index in [-0.39, 0.29) is 30.8 Å². The number of imidazole rings is 1. The van der Waals surface area contributed by atoms with E-state index in [1.807, 2.05) is 16.7 Å². The number of hydrogen-bond acceptors (Lipinski definition) is 7. The van der Waals surface area contributed by atoms with Crippen LogP contribution in [0.2, 0.25) is 0 Å². The van der Waals surface area contributed by atoms with Crippen molar-refractivity contribution < 1.29 is 19.1 Å². The molecule has 0 unspecified atom stereocenters. The lowest BCUT2D eigenvalue weighted by Crippen LogP contribution is -2.19. The fourth-order valence-electron chi connectivity index (χ4n) is 3.76. The summed E-state index contributed by atoms with van der Waals surface area (Å²) >= 11 is 0. The SMILES string of the molecule is O=C(Nc1ncnc2c1ncn2[C@H]1CC[C@@H](COC(=O)c2ccccc2)O1)c1ccccc1. The lowest BCUT2D eigenvalue weighted by molar-refractivity contribution is -0.0309. The van der Waals surface area contributed by atoms with Gasteiger partial charge < -0.3 is 14.8 Å². The van der Waals surface area contributed by atoms with Crippen LogP contribution in [0.5, 0.6) is 0 Å². The standard InChI is InChI=1S/C24H21N5O4/c30-23(16-7-3-1-4-8-16)28-21-20-22(26-14-25-21)29(15-27-20)19-12-11-18(33-19)13-32-24(31)17-9-5-2-6-10-17/h1-10,14-15,18-19H,11-13H2,(H,25,26,28,30)/t18-,19+/m0/s1. The van der Waals surface area contributed by atoms with Crippen molar-refractivity contribution in [2.75, 3.05) is 11.9 Å². The Labute approximate surface area is 189 Å². The van der Waals surface area contributed by atoms with Crippen LogP contribution in [0, 0.1) is 0 Å². The molecule has 1 N–H and O–H groups in total. The van der Waals surface area contributed by atoms with Gasteiger partial charge in [-0.05, 0) is 37.1 Å².